The number of aliphatic hydroxyl groups is 2. The summed E-state index contributed by atoms with van der Waals surface area (Å²) in [5.74, 6) is -0.116. The fourth-order valence-electron chi connectivity index (χ4n) is 3.22. The number of ether oxygens (including phenoxy) is 1. The van der Waals surface area contributed by atoms with Crippen molar-refractivity contribution in [3.05, 3.63) is 29.1 Å². The van der Waals surface area contributed by atoms with Crippen molar-refractivity contribution in [1.29, 1.82) is 0 Å². The van der Waals surface area contributed by atoms with Crippen molar-refractivity contribution in [3.8, 4) is 0 Å². The van der Waals surface area contributed by atoms with E-state index in [4.69, 9.17) is 20.3 Å². The van der Waals surface area contributed by atoms with Gasteiger partial charge in [0.15, 0.2) is 12.0 Å². The number of hydrogen-bond acceptors (Lipinski definition) is 14. The van der Waals surface area contributed by atoms with Gasteiger partial charge in [-0.1, -0.05) is 18.7 Å². The number of nitrogens with two attached hydrogens (primary N) is 1. The van der Waals surface area contributed by atoms with Crippen LogP contribution in [0.25, 0.3) is 0 Å². The molecule has 2 aliphatic rings. The van der Waals surface area contributed by atoms with Gasteiger partial charge in [0.1, 0.15) is 24.0 Å². The molecule has 4 rings (SSSR count). The Balaban J connectivity index is 0.000000826. The van der Waals surface area contributed by atoms with Crippen LogP contribution in [0.4, 0.5) is 17.5 Å². The van der Waals surface area contributed by atoms with Gasteiger partial charge in [0.05, 0.1) is 13.3 Å². The molecule has 22 heteroatoms. The molecule has 1 unspecified atom stereocenters. The molecule has 7 N–H and O–H groups in total. The number of nitrogen functional groups attached to an aromatic ring is 1. The summed E-state index contributed by atoms with van der Waals surface area (Å²) in [6.07, 6.45) is -1.10. The molecular weight excluding hydrogens is 550 g/mol. The van der Waals surface area contributed by atoms with E-state index in [1.54, 1.807) is 19.4 Å². The van der Waals surface area contributed by atoms with E-state index in [1.807, 2.05) is 0 Å². The largest absolute Gasteiger partial charge is 1.00 e. The Morgan fingerprint density at radius 3 is 2.53 bits per heavy atom. The molecule has 0 radical (unpaired) electrons. The number of imidazole rings is 1. The van der Waals surface area contributed by atoms with E-state index in [0.717, 1.165) is 0 Å². The fourth-order valence-corrected chi connectivity index (χ4v) is 4.78. The van der Waals surface area contributed by atoms with E-state index in [1.165, 1.54) is 16.1 Å². The Bertz CT molecular complexity index is 1120. The summed E-state index contributed by atoms with van der Waals surface area (Å²) in [6, 6.07) is 0. The third-order valence-corrected chi connectivity index (χ3v) is 6.65. The Hall–Kier alpha value is -0.370. The number of aromatic amines is 1. The summed E-state index contributed by atoms with van der Waals surface area (Å²) >= 11 is 0. The van der Waals surface area contributed by atoms with Gasteiger partial charge in [-0.25, -0.2) is 8.88 Å². The van der Waals surface area contributed by atoms with Crippen LogP contribution < -0.4 is 90.1 Å². The SMILES string of the molecule is CN1CN([C@@H]2O[C@H](COP(=O)([O-])OP(=O)(O)O)[C@@H](O)[C@H]2O)c2nc(N)[nH]c(=O)c21.[Na+].[Na+].c1c[n-]cn1. The Morgan fingerprint density at radius 1 is 1.33 bits per heavy atom. The summed E-state index contributed by atoms with van der Waals surface area (Å²) in [6.45, 7) is -0.880. The molecule has 0 aromatic carbocycles. The van der Waals surface area contributed by atoms with Crippen molar-refractivity contribution in [2.75, 3.05) is 35.9 Å². The van der Waals surface area contributed by atoms with E-state index in [0.29, 0.717) is 0 Å². The van der Waals surface area contributed by atoms with Crippen LogP contribution in [0, 0.1) is 0 Å². The van der Waals surface area contributed by atoms with Crippen LogP contribution in [0.5, 0.6) is 0 Å². The van der Waals surface area contributed by atoms with Crippen molar-refractivity contribution >= 4 is 33.1 Å². The summed E-state index contributed by atoms with van der Waals surface area (Å²) in [5.41, 5.74) is 5.15. The minimum Gasteiger partial charge on any atom is -0.756 e. The van der Waals surface area contributed by atoms with Crippen molar-refractivity contribution < 1.29 is 107 Å². The zero-order valence-corrected chi connectivity index (χ0v) is 25.1. The van der Waals surface area contributed by atoms with Gasteiger partial charge in [0.2, 0.25) is 5.95 Å². The van der Waals surface area contributed by atoms with Gasteiger partial charge in [-0.05, 0) is 0 Å². The third kappa shape index (κ3) is 8.57. The second-order valence-corrected chi connectivity index (χ2v) is 9.79. The maximum absolute atomic E-state index is 12.1. The van der Waals surface area contributed by atoms with Crippen LogP contribution in [-0.4, -0.2) is 79.8 Å². The van der Waals surface area contributed by atoms with Crippen molar-refractivity contribution in [1.82, 2.24) is 19.9 Å². The summed E-state index contributed by atoms with van der Waals surface area (Å²) in [4.78, 5) is 57.0. The Morgan fingerprint density at radius 2 is 2.00 bits per heavy atom. The summed E-state index contributed by atoms with van der Waals surface area (Å²) < 4.78 is 35.3. The molecule has 0 aliphatic carbocycles. The number of phosphoric ester groups is 1. The second-order valence-electron chi connectivity index (χ2n) is 7.01. The molecule has 1 fully saturated rings. The van der Waals surface area contributed by atoms with E-state index in [2.05, 4.69) is 28.8 Å². The van der Waals surface area contributed by atoms with Crippen LogP contribution in [0.3, 0.4) is 0 Å². The topological polar surface area (TPSA) is 271 Å². The Labute approximate surface area is 247 Å². The quantitative estimate of drug-likeness (QED) is 0.139. The monoisotopic (exact) mass is 571 g/mol. The molecule has 0 saturated carbocycles. The number of nitrogens with zero attached hydrogens (tertiary/aromatic N) is 5. The molecule has 2 aromatic rings. The predicted octanol–water partition coefficient (Wildman–Crippen LogP) is -9.35. The van der Waals surface area contributed by atoms with Crippen LogP contribution in [0.15, 0.2) is 23.5 Å². The number of aromatic nitrogens is 4. The first-order chi connectivity index (χ1) is 15.8. The molecule has 0 amide bonds. The molecule has 190 valence electrons. The van der Waals surface area contributed by atoms with Crippen LogP contribution in [0.1, 0.15) is 0 Å². The van der Waals surface area contributed by atoms with Gasteiger partial charge in [-0.2, -0.15) is 4.98 Å². The van der Waals surface area contributed by atoms with Gasteiger partial charge < -0.3 is 59.7 Å². The van der Waals surface area contributed by atoms with Crippen molar-refractivity contribution in [2.45, 2.75) is 24.5 Å². The van der Waals surface area contributed by atoms with Gasteiger partial charge in [-0.15, -0.1) is 0 Å². The smallest absolute Gasteiger partial charge is 0.756 e. The molecule has 5 atom stereocenters. The molecule has 36 heavy (non-hydrogen) atoms. The molecular formula is C14H21N7Na2O11P2. The van der Waals surface area contributed by atoms with E-state index in [-0.39, 0.29) is 83.2 Å². The molecule has 2 aromatic heterocycles. The number of phosphoric acid groups is 2. The predicted molar refractivity (Wildman–Crippen MR) is 110 cm³/mol. The first-order valence-corrected chi connectivity index (χ1v) is 12.3. The number of hydrogen-bond donors (Lipinski definition) is 6. The average molecular weight is 571 g/mol. The number of rotatable bonds is 6. The summed E-state index contributed by atoms with van der Waals surface area (Å²) in [7, 11) is -9.23. The minimum absolute atomic E-state index is 0. The maximum Gasteiger partial charge on any atom is 1.00 e. The average Bonchev–Trinajstić information content (AvgIpc) is 3.42. The summed E-state index contributed by atoms with van der Waals surface area (Å²) in [5, 5.41) is 20.5. The molecule has 1 saturated heterocycles. The number of H-pyrrole nitrogens is 1. The first-order valence-electron chi connectivity index (χ1n) is 9.27. The van der Waals surface area contributed by atoms with E-state index in [9.17, 15) is 29.0 Å². The van der Waals surface area contributed by atoms with Gasteiger partial charge >= 0.3 is 66.9 Å². The molecule has 2 aliphatic heterocycles. The number of fused-ring (bicyclic) bond motifs is 1. The Kier molecular flexibility index (Phi) is 12.7. The normalized spacial score (nSPS) is 24.6. The van der Waals surface area contributed by atoms with Gasteiger partial charge in [-0.3, -0.25) is 14.3 Å². The number of aliphatic hydroxyl groups excluding tert-OH is 2. The van der Waals surface area contributed by atoms with Crippen LogP contribution in [0.2, 0.25) is 0 Å². The minimum atomic E-state index is -5.42. The number of anilines is 3. The standard InChI is InChI=1S/C11H19N5O11P2.C3H3N2.2Na/c1-15-3-16(8-5(15)9(19)14-11(12)13-8)10-7(18)6(17)4(26-10)2-25-29(23,24)27-28(20,21)22;1-2-5-3-4-1;;/h4,6-7,10,17-18H,2-3H2,1H3,(H,23,24)(H2,20,21,22)(H3,12,13,14,19);1-3H;;/q;-1;2*+1/p-1/t4-,6-,7-,10-;;;/m1.../s1. The zero-order chi connectivity index (χ0) is 25.3. The molecule has 0 spiro atoms. The van der Waals surface area contributed by atoms with Gasteiger partial charge in [0, 0.05) is 7.05 Å². The van der Waals surface area contributed by atoms with Crippen LogP contribution >= 0.6 is 15.6 Å². The number of nitrogens with one attached hydrogen (secondary N) is 1. The second kappa shape index (κ2) is 13.6. The van der Waals surface area contributed by atoms with E-state index < -0.39 is 52.4 Å². The van der Waals surface area contributed by atoms with E-state index >= 15 is 0 Å². The van der Waals surface area contributed by atoms with Crippen molar-refractivity contribution in [3.63, 3.8) is 0 Å². The van der Waals surface area contributed by atoms with Gasteiger partial charge in [0.25, 0.3) is 13.4 Å². The van der Waals surface area contributed by atoms with Crippen molar-refractivity contribution in [2.24, 2.45) is 0 Å². The fraction of sp³-hybridized carbons (Fsp3) is 0.500. The molecule has 4 heterocycles. The molecule has 18 nitrogen and oxygen atoms in total. The molecule has 0 bridgehead atoms. The third-order valence-electron chi connectivity index (χ3n) is 4.53. The zero-order valence-electron chi connectivity index (χ0n) is 19.3. The maximum atomic E-state index is 12.1. The first kappa shape index (κ1) is 33.7. The van der Waals surface area contributed by atoms with Crippen LogP contribution in [-0.2, 0) is 22.7 Å².